The molecule has 1 aromatic rings. The van der Waals surface area contributed by atoms with Crippen LogP contribution in [0, 0.1) is 0 Å². The Morgan fingerprint density at radius 1 is 0.333 bits per heavy atom. The molecular formula is C6B6O6. The third-order valence-corrected chi connectivity index (χ3v) is 2.45. The topological polar surface area (TPSA) is 102 Å². The van der Waals surface area contributed by atoms with Gasteiger partial charge in [0.15, 0.2) is 0 Å². The van der Waals surface area contributed by atoms with E-state index in [2.05, 4.69) is 0 Å². The molecule has 1 aromatic carbocycles. The average Bonchev–Trinajstić information content (AvgIpc) is 2.43. The molecule has 0 amide bonds. The molecule has 0 aliphatic rings. The van der Waals surface area contributed by atoms with Crippen molar-refractivity contribution in [3.8, 4) is 0 Å². The summed E-state index contributed by atoms with van der Waals surface area (Å²) < 4.78 is 65.2. The van der Waals surface area contributed by atoms with Gasteiger partial charge in [-0.25, -0.2) is 0 Å². The Hall–Kier alpha value is -1.59. The Labute approximate surface area is 104 Å². The molecule has 0 bridgehead atoms. The number of rotatable bonds is 6. The van der Waals surface area contributed by atoms with Crippen LogP contribution in [0.3, 0.4) is 0 Å². The SMILES string of the molecule is O=Bc1c(B=O)c(B=O)c(B=O)c(B=O)c1B=O. The van der Waals surface area contributed by atoms with Crippen LogP contribution in [0.1, 0.15) is 0 Å². The molecule has 12 heteroatoms. The van der Waals surface area contributed by atoms with E-state index in [1.54, 1.807) is 0 Å². The van der Waals surface area contributed by atoms with E-state index in [4.69, 9.17) is 0 Å². The molecule has 0 unspecified atom stereocenters. The second kappa shape index (κ2) is 6.37. The van der Waals surface area contributed by atoms with Gasteiger partial charge in [-0.1, -0.05) is 0 Å². The summed E-state index contributed by atoms with van der Waals surface area (Å²) in [6, 6.07) is 0. The van der Waals surface area contributed by atoms with E-state index in [-0.39, 0.29) is 75.7 Å². The van der Waals surface area contributed by atoms with Crippen LogP contribution < -0.4 is 32.8 Å². The molecule has 0 N–H and O–H groups in total. The zero-order valence-corrected chi connectivity index (χ0v) is 8.91. The molecule has 1 rings (SSSR count). The van der Waals surface area contributed by atoms with Gasteiger partial charge >= 0.3 is 104 Å². The maximum atomic E-state index is 10.9. The summed E-state index contributed by atoms with van der Waals surface area (Å²) in [5.74, 6) is 0. The van der Waals surface area contributed by atoms with Crippen molar-refractivity contribution in [2.24, 2.45) is 0 Å². The standard InChI is InChI=1S/C6B6O6/c13-7-1-2(8-14)4(10-16)6(12-18)5(11-17)3(1)9-15. The van der Waals surface area contributed by atoms with Gasteiger partial charge in [0.1, 0.15) is 0 Å². The van der Waals surface area contributed by atoms with Crippen LogP contribution in [0.25, 0.3) is 0 Å². The van der Waals surface area contributed by atoms with Gasteiger partial charge in [0.25, 0.3) is 0 Å². The number of hydrogen-bond acceptors (Lipinski definition) is 6. The van der Waals surface area contributed by atoms with Crippen molar-refractivity contribution in [1.29, 1.82) is 0 Å². The molecule has 0 heterocycles. The van der Waals surface area contributed by atoms with Crippen LogP contribution in [0.15, 0.2) is 0 Å². The van der Waals surface area contributed by atoms with Gasteiger partial charge < -0.3 is 0 Å². The summed E-state index contributed by atoms with van der Waals surface area (Å²) >= 11 is 0. The van der Waals surface area contributed by atoms with E-state index in [0.717, 1.165) is 0 Å². The molecule has 0 spiro atoms. The van der Waals surface area contributed by atoms with E-state index in [1.165, 1.54) is 0 Å². The van der Waals surface area contributed by atoms with Crippen LogP contribution in [0.4, 0.5) is 0 Å². The Kier molecular flexibility index (Phi) is 5.12. The van der Waals surface area contributed by atoms with E-state index in [0.29, 0.717) is 0 Å². The molecule has 0 aliphatic heterocycles. The number of benzene rings is 1. The monoisotopic (exact) mass is 234 g/mol. The van der Waals surface area contributed by atoms with Crippen molar-refractivity contribution in [1.82, 2.24) is 0 Å². The molecule has 0 saturated carbocycles. The van der Waals surface area contributed by atoms with Gasteiger partial charge in [0.2, 0.25) is 0 Å². The summed E-state index contributed by atoms with van der Waals surface area (Å²) in [6.07, 6.45) is 0. The van der Waals surface area contributed by atoms with Crippen LogP contribution in [-0.4, -0.2) is 42.9 Å². The van der Waals surface area contributed by atoms with E-state index >= 15 is 0 Å². The summed E-state index contributed by atoms with van der Waals surface area (Å²) in [5.41, 5.74) is -2.28. The van der Waals surface area contributed by atoms with Crippen LogP contribution in [0.5, 0.6) is 0 Å². The normalized spacial score (nSPS) is 8.00. The second-order valence-corrected chi connectivity index (χ2v) is 3.19. The van der Waals surface area contributed by atoms with Crippen LogP contribution in [0.2, 0.25) is 0 Å². The van der Waals surface area contributed by atoms with Crippen LogP contribution in [-0.2, 0) is 28.2 Å². The predicted molar refractivity (Wildman–Crippen MR) is 62.9 cm³/mol. The molecule has 0 fully saturated rings. The first-order valence-electron chi connectivity index (χ1n) is 4.65. The molecule has 78 valence electrons. The summed E-state index contributed by atoms with van der Waals surface area (Å²) in [7, 11) is 1.10. The quantitative estimate of drug-likeness (QED) is 0.453. The van der Waals surface area contributed by atoms with Crippen molar-refractivity contribution in [3.63, 3.8) is 0 Å². The fraction of sp³-hybridized carbons (Fsp3) is 0. The minimum atomic E-state index is -0.380. The second-order valence-electron chi connectivity index (χ2n) is 3.19. The van der Waals surface area contributed by atoms with Gasteiger partial charge in [-0.15, -0.1) is 0 Å². The van der Waals surface area contributed by atoms with Gasteiger partial charge in [0, 0.05) is 0 Å². The molecule has 0 saturated heterocycles. The zero-order chi connectivity index (χ0) is 13.7. The molecule has 0 aliphatic carbocycles. The van der Waals surface area contributed by atoms with Gasteiger partial charge in [-0.2, -0.15) is 0 Å². The van der Waals surface area contributed by atoms with Gasteiger partial charge in [0.05, 0.1) is 0 Å². The third kappa shape index (κ3) is 2.19. The molecule has 0 aromatic heterocycles. The minimum absolute atomic E-state index is 0.183. The van der Waals surface area contributed by atoms with Crippen LogP contribution >= 0.6 is 0 Å². The van der Waals surface area contributed by atoms with Crippen molar-refractivity contribution in [3.05, 3.63) is 0 Å². The van der Waals surface area contributed by atoms with E-state index in [1.807, 2.05) is 0 Å². The average molecular weight is 233 g/mol. The Morgan fingerprint density at radius 2 is 0.444 bits per heavy atom. The molecule has 0 atom stereocenters. The van der Waals surface area contributed by atoms with Crippen molar-refractivity contribution in [2.45, 2.75) is 0 Å². The number of hydrogen-bond donors (Lipinski definition) is 0. The molecular weight excluding hydrogens is 233 g/mol. The first-order chi connectivity index (χ1) is 8.69. The van der Waals surface area contributed by atoms with Crippen molar-refractivity contribution < 1.29 is 28.2 Å². The molecule has 18 heavy (non-hydrogen) atoms. The van der Waals surface area contributed by atoms with Gasteiger partial charge in [-0.05, 0) is 0 Å². The summed E-state index contributed by atoms with van der Waals surface area (Å²) in [6.45, 7) is 0. The Bertz CT molecular complexity index is 431. The van der Waals surface area contributed by atoms with Crippen molar-refractivity contribution >= 4 is 75.7 Å². The third-order valence-electron chi connectivity index (χ3n) is 2.45. The van der Waals surface area contributed by atoms with E-state index < -0.39 is 0 Å². The fourth-order valence-electron chi connectivity index (χ4n) is 1.63. The first kappa shape index (κ1) is 14.5. The zero-order valence-electron chi connectivity index (χ0n) is 8.91. The predicted octanol–water partition coefficient (Wildman–Crippen LogP) is -6.26. The molecule has 0 radical (unpaired) electrons. The molecule has 6 nitrogen and oxygen atoms in total. The fourth-order valence-corrected chi connectivity index (χ4v) is 1.63. The van der Waals surface area contributed by atoms with E-state index in [9.17, 15) is 28.2 Å². The van der Waals surface area contributed by atoms with Crippen molar-refractivity contribution in [2.75, 3.05) is 0 Å². The maximum absolute atomic E-state index is 10.9. The van der Waals surface area contributed by atoms with Gasteiger partial charge in [-0.3, -0.25) is 0 Å². The summed E-state index contributed by atoms with van der Waals surface area (Å²) in [4.78, 5) is 0. The Balaban J connectivity index is 4.07. The Morgan fingerprint density at radius 3 is 0.500 bits per heavy atom. The summed E-state index contributed by atoms with van der Waals surface area (Å²) in [5, 5.41) is 0. The first-order valence-corrected chi connectivity index (χ1v) is 4.65.